The van der Waals surface area contributed by atoms with Crippen molar-refractivity contribution in [2.45, 2.75) is 19.9 Å². The number of aromatic nitrogens is 3. The first-order valence-electron chi connectivity index (χ1n) is 8.16. The number of benzene rings is 1. The van der Waals surface area contributed by atoms with Crippen LogP contribution in [0.1, 0.15) is 16.8 Å². The van der Waals surface area contributed by atoms with E-state index in [2.05, 4.69) is 25.6 Å². The molecule has 0 aliphatic heterocycles. The summed E-state index contributed by atoms with van der Waals surface area (Å²) in [7, 11) is 0. The van der Waals surface area contributed by atoms with Gasteiger partial charge in [-0.1, -0.05) is 18.2 Å². The molecule has 0 radical (unpaired) electrons. The monoisotopic (exact) mass is 337 g/mol. The molecule has 0 aliphatic rings. The molecule has 0 atom stereocenters. The molecule has 5 nitrogen and oxygen atoms in total. The molecule has 0 amide bonds. The Morgan fingerprint density at radius 2 is 1.84 bits per heavy atom. The van der Waals surface area contributed by atoms with Crippen LogP contribution in [0, 0.1) is 12.7 Å². The number of nitrogens with one attached hydrogen (secondary N) is 2. The highest BCUT2D eigenvalue weighted by molar-refractivity contribution is 5.42. The first-order chi connectivity index (χ1) is 12.2. The second kappa shape index (κ2) is 8.19. The topological polar surface area (TPSA) is 62.7 Å². The van der Waals surface area contributed by atoms with Crippen molar-refractivity contribution in [2.75, 3.05) is 17.2 Å². The molecule has 1 aromatic carbocycles. The molecule has 2 aromatic heterocycles. The summed E-state index contributed by atoms with van der Waals surface area (Å²) in [6, 6.07) is 12.3. The Morgan fingerprint density at radius 1 is 1.00 bits per heavy atom. The van der Waals surface area contributed by atoms with Gasteiger partial charge in [-0.25, -0.2) is 9.37 Å². The van der Waals surface area contributed by atoms with E-state index < -0.39 is 0 Å². The highest BCUT2D eigenvalue weighted by atomic mass is 19.1. The Bertz CT molecular complexity index is 806. The van der Waals surface area contributed by atoms with Gasteiger partial charge in [0.1, 0.15) is 11.6 Å². The predicted octanol–water partition coefficient (Wildman–Crippen LogP) is 3.59. The van der Waals surface area contributed by atoms with Gasteiger partial charge in [0.2, 0.25) is 5.95 Å². The third-order valence-electron chi connectivity index (χ3n) is 3.66. The zero-order chi connectivity index (χ0) is 17.5. The van der Waals surface area contributed by atoms with E-state index in [0.717, 1.165) is 29.1 Å². The highest BCUT2D eigenvalue weighted by Crippen LogP contribution is 2.11. The van der Waals surface area contributed by atoms with E-state index in [-0.39, 0.29) is 5.82 Å². The lowest BCUT2D eigenvalue weighted by atomic mass is 10.1. The molecule has 0 unspecified atom stereocenters. The van der Waals surface area contributed by atoms with Crippen molar-refractivity contribution in [2.24, 2.45) is 0 Å². The van der Waals surface area contributed by atoms with Crippen LogP contribution in [0.15, 0.2) is 54.9 Å². The van der Waals surface area contributed by atoms with Gasteiger partial charge in [-0.15, -0.1) is 0 Å². The van der Waals surface area contributed by atoms with E-state index in [1.54, 1.807) is 18.3 Å². The lowest BCUT2D eigenvalue weighted by molar-refractivity contribution is 0.627. The number of nitrogens with zero attached hydrogens (tertiary/aromatic N) is 3. The van der Waals surface area contributed by atoms with Crippen LogP contribution in [0.5, 0.6) is 0 Å². The van der Waals surface area contributed by atoms with E-state index >= 15 is 0 Å². The summed E-state index contributed by atoms with van der Waals surface area (Å²) in [5, 5.41) is 6.50. The average Bonchev–Trinajstić information content (AvgIpc) is 2.62. The zero-order valence-corrected chi connectivity index (χ0v) is 14.0. The lowest BCUT2D eigenvalue weighted by Crippen LogP contribution is -2.10. The second-order valence-corrected chi connectivity index (χ2v) is 5.74. The Hall–Kier alpha value is -3.02. The van der Waals surface area contributed by atoms with Crippen LogP contribution in [0.2, 0.25) is 0 Å². The molecular formula is C19H20FN5. The van der Waals surface area contributed by atoms with Crippen LogP contribution in [0.25, 0.3) is 0 Å². The van der Waals surface area contributed by atoms with E-state index in [9.17, 15) is 4.39 Å². The van der Waals surface area contributed by atoms with Crippen molar-refractivity contribution in [1.82, 2.24) is 15.0 Å². The number of anilines is 2. The van der Waals surface area contributed by atoms with Gasteiger partial charge in [-0.05, 0) is 42.7 Å². The molecule has 0 saturated carbocycles. The molecule has 0 saturated heterocycles. The Kier molecular flexibility index (Phi) is 5.51. The molecule has 3 rings (SSSR count). The van der Waals surface area contributed by atoms with Gasteiger partial charge in [-0.3, -0.25) is 4.98 Å². The fraction of sp³-hybridized carbons (Fsp3) is 0.211. The van der Waals surface area contributed by atoms with Gasteiger partial charge >= 0.3 is 0 Å². The Labute approximate surface area is 146 Å². The van der Waals surface area contributed by atoms with Crippen molar-refractivity contribution < 1.29 is 4.39 Å². The normalized spacial score (nSPS) is 10.5. The van der Waals surface area contributed by atoms with Crippen LogP contribution in [-0.2, 0) is 13.0 Å². The third kappa shape index (κ3) is 5.24. The van der Waals surface area contributed by atoms with Gasteiger partial charge < -0.3 is 10.6 Å². The van der Waals surface area contributed by atoms with Gasteiger partial charge in [0.05, 0.1) is 0 Å². The van der Waals surface area contributed by atoms with E-state index in [0.29, 0.717) is 19.0 Å². The van der Waals surface area contributed by atoms with Crippen LogP contribution in [0.3, 0.4) is 0 Å². The first kappa shape index (κ1) is 16.8. The lowest BCUT2D eigenvalue weighted by Gasteiger charge is -2.10. The number of rotatable bonds is 7. The minimum atomic E-state index is -0.219. The van der Waals surface area contributed by atoms with Crippen molar-refractivity contribution in [3.8, 4) is 0 Å². The van der Waals surface area contributed by atoms with Gasteiger partial charge in [-0.2, -0.15) is 4.98 Å². The fourth-order valence-electron chi connectivity index (χ4n) is 2.40. The molecule has 0 fully saturated rings. The summed E-state index contributed by atoms with van der Waals surface area (Å²) >= 11 is 0. The molecule has 25 heavy (non-hydrogen) atoms. The molecular weight excluding hydrogens is 317 g/mol. The molecule has 0 aliphatic carbocycles. The summed E-state index contributed by atoms with van der Waals surface area (Å²) in [6.07, 6.45) is 4.35. The zero-order valence-electron chi connectivity index (χ0n) is 14.0. The van der Waals surface area contributed by atoms with Gasteiger partial charge in [0.25, 0.3) is 0 Å². The first-order valence-corrected chi connectivity index (χ1v) is 8.16. The van der Waals surface area contributed by atoms with Crippen LogP contribution in [-0.4, -0.2) is 21.5 Å². The standard InChI is InChI=1S/C19H20FN5/c1-14-11-18(23-13-16-3-2-9-21-12-16)25-19(24-14)22-10-8-15-4-6-17(20)7-5-15/h2-7,9,11-12H,8,10,13H2,1H3,(H2,22,23,24,25). The molecule has 2 N–H and O–H groups in total. The maximum absolute atomic E-state index is 12.9. The largest absolute Gasteiger partial charge is 0.366 e. The number of hydrogen-bond acceptors (Lipinski definition) is 5. The summed E-state index contributed by atoms with van der Waals surface area (Å²) in [5.74, 6) is 1.12. The highest BCUT2D eigenvalue weighted by Gasteiger charge is 2.03. The Morgan fingerprint density at radius 3 is 2.60 bits per heavy atom. The van der Waals surface area contributed by atoms with Crippen molar-refractivity contribution in [3.63, 3.8) is 0 Å². The fourth-order valence-corrected chi connectivity index (χ4v) is 2.40. The number of halogens is 1. The van der Waals surface area contributed by atoms with Crippen LogP contribution < -0.4 is 10.6 Å². The molecule has 0 spiro atoms. The van der Waals surface area contributed by atoms with E-state index in [4.69, 9.17) is 0 Å². The molecule has 6 heteroatoms. The minimum absolute atomic E-state index is 0.219. The maximum Gasteiger partial charge on any atom is 0.224 e. The quantitative estimate of drug-likeness (QED) is 0.690. The van der Waals surface area contributed by atoms with Crippen molar-refractivity contribution >= 4 is 11.8 Å². The minimum Gasteiger partial charge on any atom is -0.366 e. The van der Waals surface area contributed by atoms with Crippen LogP contribution >= 0.6 is 0 Å². The second-order valence-electron chi connectivity index (χ2n) is 5.74. The summed E-state index contributed by atoms with van der Waals surface area (Å²) < 4.78 is 12.9. The van der Waals surface area contributed by atoms with E-state index in [1.807, 2.05) is 31.3 Å². The number of hydrogen-bond donors (Lipinski definition) is 2. The maximum atomic E-state index is 12.9. The molecule has 128 valence electrons. The SMILES string of the molecule is Cc1cc(NCc2cccnc2)nc(NCCc2ccc(F)cc2)n1. The molecule has 0 bridgehead atoms. The number of aryl methyl sites for hydroxylation is 1. The summed E-state index contributed by atoms with van der Waals surface area (Å²) in [6.45, 7) is 3.26. The van der Waals surface area contributed by atoms with Gasteiger partial charge in [0, 0.05) is 37.2 Å². The van der Waals surface area contributed by atoms with Crippen molar-refractivity contribution in [1.29, 1.82) is 0 Å². The van der Waals surface area contributed by atoms with Crippen LogP contribution in [0.4, 0.5) is 16.2 Å². The summed E-state index contributed by atoms with van der Waals surface area (Å²) in [5.41, 5.74) is 3.04. The molecule has 3 aromatic rings. The van der Waals surface area contributed by atoms with E-state index in [1.165, 1.54) is 12.1 Å². The third-order valence-corrected chi connectivity index (χ3v) is 3.66. The average molecular weight is 337 g/mol. The smallest absolute Gasteiger partial charge is 0.224 e. The van der Waals surface area contributed by atoms with Crippen molar-refractivity contribution in [3.05, 3.63) is 77.5 Å². The number of pyridine rings is 1. The Balaban J connectivity index is 1.56. The summed E-state index contributed by atoms with van der Waals surface area (Å²) in [4.78, 5) is 13.0. The predicted molar refractivity (Wildman–Crippen MR) is 96.9 cm³/mol. The molecule has 2 heterocycles. The van der Waals surface area contributed by atoms with Gasteiger partial charge in [0.15, 0.2) is 0 Å².